The topological polar surface area (TPSA) is 69.6 Å². The Balaban J connectivity index is 2.40. The smallest absolute Gasteiger partial charge is 0.244 e. The van der Waals surface area contributed by atoms with E-state index in [9.17, 15) is 4.79 Å². The van der Waals surface area contributed by atoms with Gasteiger partial charge < -0.3 is 15.5 Å². The van der Waals surface area contributed by atoms with E-state index in [1.165, 1.54) is 6.08 Å². The Hall–Kier alpha value is -1.81. The molecule has 0 spiro atoms. The minimum atomic E-state index is -0.142. The van der Waals surface area contributed by atoms with Crippen LogP contribution in [0.1, 0.15) is 31.7 Å². The average Bonchev–Trinajstić information content (AvgIpc) is 2.44. The van der Waals surface area contributed by atoms with Crippen molar-refractivity contribution in [1.82, 2.24) is 5.32 Å². The Morgan fingerprint density at radius 3 is 2.60 bits per heavy atom. The lowest BCUT2D eigenvalue weighted by Gasteiger charge is -2.14. The number of amides is 1. The number of phenols is 1. The van der Waals surface area contributed by atoms with Crippen LogP contribution in [-0.4, -0.2) is 29.3 Å². The van der Waals surface area contributed by atoms with Crippen LogP contribution in [-0.2, 0) is 4.79 Å². The summed E-state index contributed by atoms with van der Waals surface area (Å²) in [6, 6.07) is 6.64. The van der Waals surface area contributed by atoms with Gasteiger partial charge in [-0.25, -0.2) is 0 Å². The third-order valence-electron chi connectivity index (χ3n) is 3.12. The average molecular weight is 277 g/mol. The molecule has 1 aromatic carbocycles. The standard InChI is InChI=1S/C16H23NO3/c1-2-3-14(10-11-18)12-17-16(20)9-6-13-4-7-15(19)8-5-13/h4-9,14,18-19H,2-3,10-12H2,1H3,(H,17,20)/b9-6+. The molecule has 0 aliphatic heterocycles. The lowest BCUT2D eigenvalue weighted by atomic mass is 10.0. The summed E-state index contributed by atoms with van der Waals surface area (Å²) in [6.07, 6.45) is 5.95. The summed E-state index contributed by atoms with van der Waals surface area (Å²) in [7, 11) is 0. The van der Waals surface area contributed by atoms with Crippen LogP contribution in [0.2, 0.25) is 0 Å². The number of aliphatic hydroxyl groups is 1. The maximum absolute atomic E-state index is 11.7. The molecule has 1 amide bonds. The summed E-state index contributed by atoms with van der Waals surface area (Å²) in [5, 5.41) is 21.0. The van der Waals surface area contributed by atoms with Crippen LogP contribution >= 0.6 is 0 Å². The molecule has 0 radical (unpaired) electrons. The second-order valence-electron chi connectivity index (χ2n) is 4.84. The van der Waals surface area contributed by atoms with Gasteiger partial charge in [-0.1, -0.05) is 25.5 Å². The SMILES string of the molecule is CCCC(CCO)CNC(=O)/C=C/c1ccc(O)cc1. The van der Waals surface area contributed by atoms with Crippen molar-refractivity contribution in [3.8, 4) is 5.75 Å². The molecule has 4 heteroatoms. The van der Waals surface area contributed by atoms with E-state index in [-0.39, 0.29) is 18.3 Å². The molecule has 1 rings (SSSR count). The van der Waals surface area contributed by atoms with Crippen molar-refractivity contribution in [2.75, 3.05) is 13.2 Å². The van der Waals surface area contributed by atoms with E-state index in [0.29, 0.717) is 12.5 Å². The molecule has 1 aromatic rings. The monoisotopic (exact) mass is 277 g/mol. The van der Waals surface area contributed by atoms with Gasteiger partial charge in [0.2, 0.25) is 5.91 Å². The predicted octanol–water partition coefficient (Wildman–Crippen LogP) is 2.32. The molecule has 1 atom stereocenters. The fourth-order valence-electron chi connectivity index (χ4n) is 2.00. The Bertz CT molecular complexity index is 420. The van der Waals surface area contributed by atoms with Crippen LogP contribution in [0.25, 0.3) is 6.08 Å². The van der Waals surface area contributed by atoms with Crippen molar-refractivity contribution in [2.45, 2.75) is 26.2 Å². The molecular formula is C16H23NO3. The normalized spacial score (nSPS) is 12.5. The fourth-order valence-corrected chi connectivity index (χ4v) is 2.00. The summed E-state index contributed by atoms with van der Waals surface area (Å²) in [4.78, 5) is 11.7. The molecule has 1 unspecified atom stereocenters. The number of rotatable bonds is 8. The number of carbonyl (C=O) groups excluding carboxylic acids is 1. The van der Waals surface area contributed by atoms with E-state index in [1.54, 1.807) is 30.3 Å². The molecule has 3 N–H and O–H groups in total. The third kappa shape index (κ3) is 6.38. The maximum atomic E-state index is 11.7. The van der Waals surface area contributed by atoms with Crippen molar-refractivity contribution in [3.63, 3.8) is 0 Å². The van der Waals surface area contributed by atoms with Gasteiger partial charge in [0, 0.05) is 19.2 Å². The van der Waals surface area contributed by atoms with Gasteiger partial charge in [0.15, 0.2) is 0 Å². The van der Waals surface area contributed by atoms with E-state index >= 15 is 0 Å². The van der Waals surface area contributed by atoms with E-state index < -0.39 is 0 Å². The number of carbonyl (C=O) groups is 1. The van der Waals surface area contributed by atoms with Gasteiger partial charge in [-0.2, -0.15) is 0 Å². The minimum absolute atomic E-state index is 0.142. The first-order chi connectivity index (χ1) is 9.65. The summed E-state index contributed by atoms with van der Waals surface area (Å²) in [5.41, 5.74) is 0.860. The first-order valence-electron chi connectivity index (χ1n) is 7.01. The molecule has 0 heterocycles. The van der Waals surface area contributed by atoms with Crippen molar-refractivity contribution >= 4 is 12.0 Å². The van der Waals surface area contributed by atoms with E-state index in [0.717, 1.165) is 24.8 Å². The zero-order valence-corrected chi connectivity index (χ0v) is 11.9. The Kier molecular flexibility index (Phi) is 7.43. The second-order valence-corrected chi connectivity index (χ2v) is 4.84. The third-order valence-corrected chi connectivity index (χ3v) is 3.12. The molecule has 0 saturated carbocycles. The number of hydrogen-bond acceptors (Lipinski definition) is 3. The highest BCUT2D eigenvalue weighted by atomic mass is 16.3. The largest absolute Gasteiger partial charge is 0.508 e. The van der Waals surface area contributed by atoms with Crippen LogP contribution in [0, 0.1) is 5.92 Å². The van der Waals surface area contributed by atoms with Gasteiger partial charge in [0.05, 0.1) is 0 Å². The quantitative estimate of drug-likeness (QED) is 0.639. The van der Waals surface area contributed by atoms with Crippen molar-refractivity contribution in [2.24, 2.45) is 5.92 Å². The molecule has 20 heavy (non-hydrogen) atoms. The van der Waals surface area contributed by atoms with Gasteiger partial charge in [-0.15, -0.1) is 0 Å². The lowest BCUT2D eigenvalue weighted by molar-refractivity contribution is -0.116. The zero-order valence-electron chi connectivity index (χ0n) is 11.9. The van der Waals surface area contributed by atoms with Crippen molar-refractivity contribution in [1.29, 1.82) is 0 Å². The Morgan fingerprint density at radius 1 is 1.30 bits per heavy atom. The molecule has 0 bridgehead atoms. The number of benzene rings is 1. The van der Waals surface area contributed by atoms with Crippen LogP contribution < -0.4 is 5.32 Å². The summed E-state index contributed by atoms with van der Waals surface area (Å²) < 4.78 is 0. The highest BCUT2D eigenvalue weighted by Gasteiger charge is 2.07. The molecule has 0 aliphatic rings. The number of nitrogens with one attached hydrogen (secondary N) is 1. The predicted molar refractivity (Wildman–Crippen MR) is 80.3 cm³/mol. The van der Waals surface area contributed by atoms with Crippen LogP contribution in [0.4, 0.5) is 0 Å². The van der Waals surface area contributed by atoms with E-state index in [1.807, 2.05) is 0 Å². The molecule has 0 aliphatic carbocycles. The molecule has 0 fully saturated rings. The second kappa shape index (κ2) is 9.15. The first kappa shape index (κ1) is 16.2. The van der Waals surface area contributed by atoms with Crippen LogP contribution in [0.15, 0.2) is 30.3 Å². The first-order valence-corrected chi connectivity index (χ1v) is 7.01. The summed E-state index contributed by atoms with van der Waals surface area (Å²) >= 11 is 0. The van der Waals surface area contributed by atoms with Gasteiger partial charge in [0.25, 0.3) is 0 Å². The van der Waals surface area contributed by atoms with Crippen molar-refractivity contribution < 1.29 is 15.0 Å². The molecule has 0 aromatic heterocycles. The van der Waals surface area contributed by atoms with Crippen molar-refractivity contribution in [3.05, 3.63) is 35.9 Å². The Labute approximate surface area is 120 Å². The number of aromatic hydroxyl groups is 1. The van der Waals surface area contributed by atoms with Crippen LogP contribution in [0.3, 0.4) is 0 Å². The molecule has 0 saturated heterocycles. The number of phenolic OH excluding ortho intramolecular Hbond substituents is 1. The number of hydrogen-bond donors (Lipinski definition) is 3. The fraction of sp³-hybridized carbons (Fsp3) is 0.438. The zero-order chi connectivity index (χ0) is 14.8. The molecule has 110 valence electrons. The highest BCUT2D eigenvalue weighted by molar-refractivity contribution is 5.91. The Morgan fingerprint density at radius 2 is 2.00 bits per heavy atom. The maximum Gasteiger partial charge on any atom is 0.244 e. The minimum Gasteiger partial charge on any atom is -0.508 e. The van der Waals surface area contributed by atoms with Gasteiger partial charge in [-0.3, -0.25) is 4.79 Å². The summed E-state index contributed by atoms with van der Waals surface area (Å²) in [6.45, 7) is 2.84. The molecule has 4 nitrogen and oxygen atoms in total. The van der Waals surface area contributed by atoms with E-state index in [4.69, 9.17) is 10.2 Å². The number of aliphatic hydroxyl groups excluding tert-OH is 1. The van der Waals surface area contributed by atoms with Crippen LogP contribution in [0.5, 0.6) is 5.75 Å². The van der Waals surface area contributed by atoms with Gasteiger partial charge in [-0.05, 0) is 42.5 Å². The van der Waals surface area contributed by atoms with Gasteiger partial charge >= 0.3 is 0 Å². The highest BCUT2D eigenvalue weighted by Crippen LogP contribution is 2.11. The van der Waals surface area contributed by atoms with E-state index in [2.05, 4.69) is 12.2 Å². The van der Waals surface area contributed by atoms with Gasteiger partial charge in [0.1, 0.15) is 5.75 Å². The lowest BCUT2D eigenvalue weighted by Crippen LogP contribution is -2.28. The molecular weight excluding hydrogens is 254 g/mol. The summed E-state index contributed by atoms with van der Waals surface area (Å²) in [5.74, 6) is 0.395.